The molecular formula is C28H31Cl3N4O4. The van der Waals surface area contributed by atoms with Gasteiger partial charge in [-0.1, -0.05) is 34.8 Å². The summed E-state index contributed by atoms with van der Waals surface area (Å²) >= 11 is 18.5. The number of aromatic nitrogens is 1. The molecule has 0 unspecified atom stereocenters. The molecule has 1 saturated heterocycles. The molecule has 0 atom stereocenters. The van der Waals surface area contributed by atoms with E-state index in [1.807, 2.05) is 20.2 Å². The average molecular weight is 594 g/mol. The number of halogens is 3. The lowest BCUT2D eigenvalue weighted by molar-refractivity contribution is 0.0520. The number of nitrogens with zero attached hydrogens (tertiary/aromatic N) is 4. The molecule has 1 fully saturated rings. The van der Waals surface area contributed by atoms with Gasteiger partial charge in [0.2, 0.25) is 5.88 Å². The summed E-state index contributed by atoms with van der Waals surface area (Å²) in [5.41, 5.74) is 2.03. The Morgan fingerprint density at radius 2 is 1.74 bits per heavy atom. The highest BCUT2D eigenvalue weighted by Gasteiger charge is 2.31. The van der Waals surface area contributed by atoms with Crippen molar-refractivity contribution in [2.24, 2.45) is 0 Å². The summed E-state index contributed by atoms with van der Waals surface area (Å²) in [5.74, 6) is -0.420. The predicted octanol–water partition coefficient (Wildman–Crippen LogP) is 5.66. The van der Waals surface area contributed by atoms with Gasteiger partial charge in [0.15, 0.2) is 0 Å². The summed E-state index contributed by atoms with van der Waals surface area (Å²) in [7, 11) is 3.98. The van der Waals surface area contributed by atoms with Crippen molar-refractivity contribution in [3.63, 3.8) is 0 Å². The van der Waals surface area contributed by atoms with Crippen LogP contribution in [0.1, 0.15) is 34.1 Å². The Balaban J connectivity index is 1.67. The van der Waals surface area contributed by atoms with Gasteiger partial charge in [-0.25, -0.2) is 9.78 Å². The molecule has 8 nitrogen and oxygen atoms in total. The fourth-order valence-electron chi connectivity index (χ4n) is 4.51. The normalized spacial score (nSPS) is 13.7. The maximum Gasteiger partial charge on any atom is 0.345 e. The number of benzene rings is 2. The van der Waals surface area contributed by atoms with Gasteiger partial charge in [-0.15, -0.1) is 0 Å². The van der Waals surface area contributed by atoms with E-state index < -0.39 is 5.97 Å². The molecule has 1 aliphatic heterocycles. The Labute approximate surface area is 243 Å². The Morgan fingerprint density at radius 3 is 2.41 bits per heavy atom. The van der Waals surface area contributed by atoms with E-state index in [1.165, 1.54) is 0 Å². The van der Waals surface area contributed by atoms with Crippen molar-refractivity contribution in [1.29, 1.82) is 0 Å². The summed E-state index contributed by atoms with van der Waals surface area (Å²) < 4.78 is 11.5. The molecule has 208 valence electrons. The van der Waals surface area contributed by atoms with E-state index in [0.29, 0.717) is 64.6 Å². The first-order valence-electron chi connectivity index (χ1n) is 12.8. The fourth-order valence-corrected chi connectivity index (χ4v) is 4.98. The van der Waals surface area contributed by atoms with Crippen LogP contribution in [0.25, 0.3) is 10.9 Å². The smallest absolute Gasteiger partial charge is 0.345 e. The molecule has 39 heavy (non-hydrogen) atoms. The summed E-state index contributed by atoms with van der Waals surface area (Å²) in [6.07, 6.45) is 0.764. The van der Waals surface area contributed by atoms with Crippen molar-refractivity contribution >= 4 is 63.3 Å². The van der Waals surface area contributed by atoms with Gasteiger partial charge < -0.3 is 24.2 Å². The number of carbonyl (C=O) groups is 2. The minimum atomic E-state index is -0.515. The first kappa shape index (κ1) is 29.2. The fraction of sp³-hybridized carbons (Fsp3) is 0.393. The molecule has 0 aliphatic carbocycles. The SMILES string of the molecule is CCOC(=O)c1c(OCCCN(C)C)nc2ccc(Cl)cc2c1N1CCN(C(=O)c2ccc(Cl)c(Cl)c2)CC1. The Morgan fingerprint density at radius 1 is 1.00 bits per heavy atom. The van der Waals surface area contributed by atoms with Crippen molar-refractivity contribution < 1.29 is 19.1 Å². The number of anilines is 1. The zero-order chi connectivity index (χ0) is 28.1. The second-order valence-electron chi connectivity index (χ2n) is 9.44. The summed E-state index contributed by atoms with van der Waals surface area (Å²) in [6.45, 7) is 5.01. The van der Waals surface area contributed by atoms with Crippen LogP contribution in [0.15, 0.2) is 36.4 Å². The molecule has 0 N–H and O–H groups in total. The molecule has 1 amide bonds. The molecule has 2 heterocycles. The van der Waals surface area contributed by atoms with Gasteiger partial charge in [-0.3, -0.25) is 4.79 Å². The molecule has 1 aromatic heterocycles. The molecule has 2 aromatic carbocycles. The van der Waals surface area contributed by atoms with E-state index in [-0.39, 0.29) is 24.0 Å². The number of rotatable bonds is 9. The van der Waals surface area contributed by atoms with Crippen molar-refractivity contribution in [2.75, 3.05) is 64.9 Å². The van der Waals surface area contributed by atoms with Gasteiger partial charge in [-0.05, 0) is 63.8 Å². The zero-order valence-electron chi connectivity index (χ0n) is 22.2. The quantitative estimate of drug-likeness (QED) is 0.234. The number of esters is 1. The summed E-state index contributed by atoms with van der Waals surface area (Å²) in [6, 6.07) is 10.2. The van der Waals surface area contributed by atoms with Gasteiger partial charge in [0, 0.05) is 48.7 Å². The highest BCUT2D eigenvalue weighted by molar-refractivity contribution is 6.42. The second-order valence-corrected chi connectivity index (χ2v) is 10.7. The number of piperazine rings is 1. The summed E-state index contributed by atoms with van der Waals surface area (Å²) in [4.78, 5) is 37.0. The van der Waals surface area contributed by atoms with Crippen LogP contribution in [0.5, 0.6) is 5.88 Å². The van der Waals surface area contributed by atoms with Gasteiger partial charge >= 0.3 is 5.97 Å². The minimum Gasteiger partial charge on any atom is -0.477 e. The van der Waals surface area contributed by atoms with Crippen LogP contribution < -0.4 is 9.64 Å². The summed E-state index contributed by atoms with van der Waals surface area (Å²) in [5, 5.41) is 1.97. The van der Waals surface area contributed by atoms with E-state index in [4.69, 9.17) is 44.3 Å². The molecule has 0 saturated carbocycles. The van der Waals surface area contributed by atoms with Gasteiger partial charge in [0.05, 0.1) is 34.5 Å². The van der Waals surface area contributed by atoms with Gasteiger partial charge in [0.1, 0.15) is 5.56 Å². The van der Waals surface area contributed by atoms with Crippen LogP contribution in [-0.4, -0.2) is 86.7 Å². The highest BCUT2D eigenvalue weighted by atomic mass is 35.5. The maximum absolute atomic E-state index is 13.3. The van der Waals surface area contributed by atoms with E-state index in [0.717, 1.165) is 18.4 Å². The van der Waals surface area contributed by atoms with Crippen molar-refractivity contribution in [2.45, 2.75) is 13.3 Å². The number of carbonyl (C=O) groups excluding carboxylic acids is 2. The standard InChI is InChI=1S/C28H31Cl3N4O4/c1-4-38-28(37)24-25(20-17-19(29)7-9-23(20)32-26(24)39-15-5-10-33(2)3)34-11-13-35(14-12-34)27(36)18-6-8-21(30)22(31)16-18/h6-9,16-17H,4-5,10-15H2,1-3H3. The van der Waals surface area contributed by atoms with E-state index >= 15 is 0 Å². The van der Waals surface area contributed by atoms with Crippen LogP contribution in [0, 0.1) is 0 Å². The Bertz CT molecular complexity index is 1360. The lowest BCUT2D eigenvalue weighted by Crippen LogP contribution is -2.49. The highest BCUT2D eigenvalue weighted by Crippen LogP contribution is 2.38. The lowest BCUT2D eigenvalue weighted by Gasteiger charge is -2.37. The third-order valence-electron chi connectivity index (χ3n) is 6.40. The Kier molecular flexibility index (Phi) is 9.77. The van der Waals surface area contributed by atoms with Crippen LogP contribution >= 0.6 is 34.8 Å². The topological polar surface area (TPSA) is 75.2 Å². The van der Waals surface area contributed by atoms with E-state index in [2.05, 4.69) is 14.8 Å². The average Bonchev–Trinajstić information content (AvgIpc) is 2.91. The molecule has 1 aliphatic rings. The lowest BCUT2D eigenvalue weighted by atomic mass is 10.1. The number of amides is 1. The van der Waals surface area contributed by atoms with Crippen LogP contribution in [-0.2, 0) is 4.74 Å². The minimum absolute atomic E-state index is 0.133. The van der Waals surface area contributed by atoms with Crippen LogP contribution in [0.4, 0.5) is 5.69 Å². The maximum atomic E-state index is 13.3. The second kappa shape index (κ2) is 13.0. The molecule has 3 aromatic rings. The first-order chi connectivity index (χ1) is 18.7. The van der Waals surface area contributed by atoms with Crippen LogP contribution in [0.2, 0.25) is 15.1 Å². The molecule has 0 spiro atoms. The number of hydrogen-bond acceptors (Lipinski definition) is 7. The van der Waals surface area contributed by atoms with E-state index in [9.17, 15) is 9.59 Å². The number of hydrogen-bond donors (Lipinski definition) is 0. The Hall–Kier alpha value is -2.78. The van der Waals surface area contributed by atoms with E-state index in [1.54, 1.807) is 42.2 Å². The molecular weight excluding hydrogens is 563 g/mol. The van der Waals surface area contributed by atoms with Crippen molar-refractivity contribution in [3.8, 4) is 5.88 Å². The van der Waals surface area contributed by atoms with Crippen LogP contribution in [0.3, 0.4) is 0 Å². The number of fused-ring (bicyclic) bond motifs is 1. The van der Waals surface area contributed by atoms with Crippen molar-refractivity contribution in [1.82, 2.24) is 14.8 Å². The van der Waals surface area contributed by atoms with Crippen molar-refractivity contribution in [3.05, 3.63) is 62.6 Å². The number of ether oxygens (including phenoxy) is 2. The third kappa shape index (κ3) is 6.87. The third-order valence-corrected chi connectivity index (χ3v) is 7.38. The monoisotopic (exact) mass is 592 g/mol. The molecule has 11 heteroatoms. The zero-order valence-corrected chi connectivity index (χ0v) is 24.4. The molecule has 4 rings (SSSR count). The number of pyridine rings is 1. The largest absolute Gasteiger partial charge is 0.477 e. The van der Waals surface area contributed by atoms with Gasteiger partial charge in [-0.2, -0.15) is 0 Å². The predicted molar refractivity (Wildman–Crippen MR) is 156 cm³/mol. The van der Waals surface area contributed by atoms with Gasteiger partial charge in [0.25, 0.3) is 5.91 Å². The first-order valence-corrected chi connectivity index (χ1v) is 13.9. The molecule has 0 radical (unpaired) electrons. The molecule has 0 bridgehead atoms.